The van der Waals surface area contributed by atoms with Crippen molar-refractivity contribution in [1.82, 2.24) is 19.8 Å². The van der Waals surface area contributed by atoms with Gasteiger partial charge in [0.15, 0.2) is 5.82 Å². The van der Waals surface area contributed by atoms with Crippen LogP contribution in [0.25, 0.3) is 4.96 Å². The average Bonchev–Trinajstić information content (AvgIpc) is 3.06. The molecule has 0 saturated carbocycles. The first-order chi connectivity index (χ1) is 10.3. The van der Waals surface area contributed by atoms with Crippen molar-refractivity contribution in [1.29, 1.82) is 0 Å². The third kappa shape index (κ3) is 3.03. The lowest BCUT2D eigenvalue weighted by Crippen LogP contribution is -2.02. The van der Waals surface area contributed by atoms with Crippen molar-refractivity contribution in [3.63, 3.8) is 0 Å². The first-order valence-corrected chi connectivity index (χ1v) is 7.43. The van der Waals surface area contributed by atoms with Crippen LogP contribution in [0.5, 0.6) is 5.75 Å². The Kier molecular flexibility index (Phi) is 4.12. The number of hydrogen-bond acceptors (Lipinski definition) is 6. The standard InChI is InChI=1S/C14H16N4O2S/c1-19-8-7-12-15-16-14-18(12)17-13(21-14)9-10-3-5-11(20-2)6-4-10/h3-6H,7-9H2,1-2H3. The van der Waals surface area contributed by atoms with E-state index in [1.54, 1.807) is 25.6 Å². The maximum Gasteiger partial charge on any atom is 0.234 e. The molecule has 6 nitrogen and oxygen atoms in total. The Morgan fingerprint density at radius 3 is 2.67 bits per heavy atom. The summed E-state index contributed by atoms with van der Waals surface area (Å²) in [6, 6.07) is 8.01. The van der Waals surface area contributed by atoms with E-state index in [9.17, 15) is 0 Å². The summed E-state index contributed by atoms with van der Waals surface area (Å²) in [5.74, 6) is 1.70. The topological polar surface area (TPSA) is 61.5 Å². The fraction of sp³-hybridized carbons (Fsp3) is 0.357. The Morgan fingerprint density at radius 2 is 1.95 bits per heavy atom. The third-order valence-electron chi connectivity index (χ3n) is 3.14. The minimum atomic E-state index is 0.617. The van der Waals surface area contributed by atoms with Gasteiger partial charge in [-0.1, -0.05) is 23.5 Å². The molecule has 0 aliphatic carbocycles. The zero-order valence-corrected chi connectivity index (χ0v) is 12.8. The van der Waals surface area contributed by atoms with Gasteiger partial charge < -0.3 is 9.47 Å². The summed E-state index contributed by atoms with van der Waals surface area (Å²) in [5.41, 5.74) is 1.19. The van der Waals surface area contributed by atoms with Gasteiger partial charge >= 0.3 is 0 Å². The number of hydrogen-bond donors (Lipinski definition) is 0. The fourth-order valence-corrected chi connectivity index (χ4v) is 2.92. The van der Waals surface area contributed by atoms with Crippen LogP contribution < -0.4 is 4.74 Å². The lowest BCUT2D eigenvalue weighted by atomic mass is 10.1. The number of ether oxygens (including phenoxy) is 2. The molecule has 2 aromatic heterocycles. The van der Waals surface area contributed by atoms with Gasteiger partial charge in [-0.05, 0) is 17.7 Å². The highest BCUT2D eigenvalue weighted by molar-refractivity contribution is 7.16. The van der Waals surface area contributed by atoms with Crippen molar-refractivity contribution >= 4 is 16.3 Å². The fourth-order valence-electron chi connectivity index (χ4n) is 2.04. The monoisotopic (exact) mass is 304 g/mol. The van der Waals surface area contributed by atoms with Crippen LogP contribution in [0, 0.1) is 0 Å². The van der Waals surface area contributed by atoms with Gasteiger partial charge in [0.25, 0.3) is 0 Å². The Labute approximate surface area is 126 Å². The summed E-state index contributed by atoms with van der Waals surface area (Å²) < 4.78 is 12.0. The molecule has 3 aromatic rings. The summed E-state index contributed by atoms with van der Waals surface area (Å²) in [4.78, 5) is 0.824. The lowest BCUT2D eigenvalue weighted by Gasteiger charge is -2.01. The van der Waals surface area contributed by atoms with Crippen molar-refractivity contribution in [3.05, 3.63) is 40.7 Å². The van der Waals surface area contributed by atoms with Gasteiger partial charge in [0, 0.05) is 20.0 Å². The largest absolute Gasteiger partial charge is 0.497 e. The first kappa shape index (κ1) is 14.0. The molecule has 0 N–H and O–H groups in total. The van der Waals surface area contributed by atoms with Gasteiger partial charge in [0.05, 0.1) is 13.7 Å². The molecule has 0 fully saturated rings. The number of aromatic nitrogens is 4. The molecule has 0 amide bonds. The molecule has 0 atom stereocenters. The molecule has 21 heavy (non-hydrogen) atoms. The molecule has 3 rings (SSSR count). The molecule has 0 saturated heterocycles. The highest BCUT2D eigenvalue weighted by atomic mass is 32.1. The molecule has 0 aliphatic heterocycles. The molecule has 2 heterocycles. The first-order valence-electron chi connectivity index (χ1n) is 6.62. The summed E-state index contributed by atoms with van der Waals surface area (Å²) in [6.07, 6.45) is 1.49. The quantitative estimate of drug-likeness (QED) is 0.697. The minimum absolute atomic E-state index is 0.617. The highest BCUT2D eigenvalue weighted by Crippen LogP contribution is 2.19. The van der Waals surface area contributed by atoms with E-state index in [1.807, 2.05) is 28.8 Å². The van der Waals surface area contributed by atoms with E-state index in [2.05, 4.69) is 15.3 Å². The molecular weight excluding hydrogens is 288 g/mol. The van der Waals surface area contributed by atoms with Crippen LogP contribution >= 0.6 is 11.3 Å². The van der Waals surface area contributed by atoms with E-state index >= 15 is 0 Å². The Bertz CT molecular complexity index is 720. The molecule has 1 aromatic carbocycles. The molecule has 0 bridgehead atoms. The van der Waals surface area contributed by atoms with Crippen LogP contribution in [0.4, 0.5) is 0 Å². The predicted octanol–water partition coefficient (Wildman–Crippen LogP) is 1.97. The lowest BCUT2D eigenvalue weighted by molar-refractivity contribution is 0.200. The molecule has 0 radical (unpaired) electrons. The highest BCUT2D eigenvalue weighted by Gasteiger charge is 2.11. The van der Waals surface area contributed by atoms with Crippen molar-refractivity contribution in [2.24, 2.45) is 0 Å². The Hall–Kier alpha value is -1.99. The number of methoxy groups -OCH3 is 2. The molecule has 7 heteroatoms. The third-order valence-corrected chi connectivity index (χ3v) is 4.04. The van der Waals surface area contributed by atoms with Gasteiger partial charge in [0.1, 0.15) is 10.8 Å². The second-order valence-corrected chi connectivity index (χ2v) is 5.61. The van der Waals surface area contributed by atoms with Crippen LogP contribution in [0.2, 0.25) is 0 Å². The molecule has 0 unspecified atom stereocenters. The van der Waals surface area contributed by atoms with Crippen LogP contribution in [-0.4, -0.2) is 40.6 Å². The number of nitrogens with zero attached hydrogens (tertiary/aromatic N) is 4. The van der Waals surface area contributed by atoms with Gasteiger partial charge in [-0.15, -0.1) is 10.2 Å². The van der Waals surface area contributed by atoms with E-state index in [0.29, 0.717) is 13.0 Å². The van der Waals surface area contributed by atoms with E-state index < -0.39 is 0 Å². The molecule has 110 valence electrons. The van der Waals surface area contributed by atoms with Gasteiger partial charge in [0.2, 0.25) is 4.96 Å². The number of rotatable bonds is 6. The van der Waals surface area contributed by atoms with Crippen molar-refractivity contribution in [3.8, 4) is 5.75 Å². The summed E-state index contributed by atoms with van der Waals surface area (Å²) in [6.45, 7) is 0.617. The van der Waals surface area contributed by atoms with Gasteiger partial charge in [-0.25, -0.2) is 0 Å². The summed E-state index contributed by atoms with van der Waals surface area (Å²) in [5, 5.41) is 13.9. The second-order valence-electron chi connectivity index (χ2n) is 4.57. The molecule has 0 spiro atoms. The predicted molar refractivity (Wildman–Crippen MR) is 80.0 cm³/mol. The second kappa shape index (κ2) is 6.19. The Balaban J connectivity index is 1.78. The van der Waals surface area contributed by atoms with Crippen molar-refractivity contribution in [2.75, 3.05) is 20.8 Å². The number of fused-ring (bicyclic) bond motifs is 1. The van der Waals surface area contributed by atoms with E-state index in [4.69, 9.17) is 9.47 Å². The Morgan fingerprint density at radius 1 is 1.14 bits per heavy atom. The summed E-state index contributed by atoms with van der Waals surface area (Å²) in [7, 11) is 3.34. The maximum absolute atomic E-state index is 5.16. The summed E-state index contributed by atoms with van der Waals surface area (Å²) >= 11 is 1.56. The van der Waals surface area contributed by atoms with E-state index in [-0.39, 0.29) is 0 Å². The van der Waals surface area contributed by atoms with Gasteiger partial charge in [-0.3, -0.25) is 0 Å². The maximum atomic E-state index is 5.16. The van der Waals surface area contributed by atoms with Crippen LogP contribution in [0.3, 0.4) is 0 Å². The van der Waals surface area contributed by atoms with E-state index in [0.717, 1.165) is 28.0 Å². The van der Waals surface area contributed by atoms with Crippen LogP contribution in [-0.2, 0) is 17.6 Å². The van der Waals surface area contributed by atoms with Crippen LogP contribution in [0.15, 0.2) is 24.3 Å². The average molecular weight is 304 g/mol. The van der Waals surface area contributed by atoms with E-state index in [1.165, 1.54) is 5.56 Å². The zero-order chi connectivity index (χ0) is 14.7. The van der Waals surface area contributed by atoms with Crippen LogP contribution in [0.1, 0.15) is 16.4 Å². The molecule has 0 aliphatic rings. The minimum Gasteiger partial charge on any atom is -0.497 e. The number of benzene rings is 1. The smallest absolute Gasteiger partial charge is 0.234 e. The van der Waals surface area contributed by atoms with Crippen molar-refractivity contribution in [2.45, 2.75) is 12.8 Å². The molecular formula is C14H16N4O2S. The zero-order valence-electron chi connectivity index (χ0n) is 11.9. The normalized spacial score (nSPS) is 11.1. The SMILES string of the molecule is COCCc1nnc2sc(Cc3ccc(OC)cc3)nn12. The van der Waals surface area contributed by atoms with Crippen molar-refractivity contribution < 1.29 is 9.47 Å². The van der Waals surface area contributed by atoms with Gasteiger partial charge in [-0.2, -0.15) is 9.61 Å².